The predicted octanol–water partition coefficient (Wildman–Crippen LogP) is 3.40. The van der Waals surface area contributed by atoms with Gasteiger partial charge in [-0.1, -0.05) is 31.5 Å². The highest BCUT2D eigenvalue weighted by Crippen LogP contribution is 2.25. The number of rotatable bonds is 5. The minimum atomic E-state index is 0.249. The van der Waals surface area contributed by atoms with E-state index < -0.39 is 0 Å². The second-order valence-electron chi connectivity index (χ2n) is 5.83. The lowest BCUT2D eigenvalue weighted by Gasteiger charge is -2.26. The number of benzene rings is 1. The van der Waals surface area contributed by atoms with Crippen LogP contribution in [0.15, 0.2) is 12.1 Å². The van der Waals surface area contributed by atoms with Crippen LogP contribution >= 0.6 is 0 Å². The third-order valence-corrected chi connectivity index (χ3v) is 3.24. The molecule has 3 N–H and O–H groups in total. The molecule has 0 saturated carbocycles. The Kier molecular flexibility index (Phi) is 4.58. The summed E-state index contributed by atoms with van der Waals surface area (Å²) in [6, 6.07) is 4.45. The van der Waals surface area contributed by atoms with Crippen molar-refractivity contribution >= 4 is 5.69 Å². The summed E-state index contributed by atoms with van der Waals surface area (Å²) in [5.41, 5.74) is 11.1. The lowest BCUT2D eigenvalue weighted by Crippen LogP contribution is -2.26. The topological polar surface area (TPSA) is 38.0 Å². The van der Waals surface area contributed by atoms with E-state index in [1.54, 1.807) is 0 Å². The van der Waals surface area contributed by atoms with E-state index in [0.29, 0.717) is 0 Å². The maximum Gasteiger partial charge on any atom is 0.0399 e. The molecule has 0 aliphatic heterocycles. The average Bonchev–Trinajstić information content (AvgIpc) is 2.15. The molecule has 0 heterocycles. The summed E-state index contributed by atoms with van der Waals surface area (Å²) >= 11 is 0. The number of nitrogens with two attached hydrogens (primary N) is 1. The van der Waals surface area contributed by atoms with Crippen molar-refractivity contribution in [3.8, 4) is 0 Å². The Morgan fingerprint density at radius 1 is 1.12 bits per heavy atom. The molecule has 0 amide bonds. The van der Waals surface area contributed by atoms with E-state index in [1.807, 2.05) is 0 Å². The molecule has 1 aromatic rings. The highest BCUT2D eigenvalue weighted by atomic mass is 14.9. The van der Waals surface area contributed by atoms with Crippen molar-refractivity contribution in [1.82, 2.24) is 0 Å². The van der Waals surface area contributed by atoms with E-state index in [1.165, 1.54) is 22.4 Å². The highest BCUT2D eigenvalue weighted by Gasteiger charge is 2.17. The molecule has 96 valence electrons. The molecule has 0 aliphatic rings. The van der Waals surface area contributed by atoms with Crippen LogP contribution in [0.4, 0.5) is 5.69 Å². The van der Waals surface area contributed by atoms with E-state index in [4.69, 9.17) is 5.73 Å². The van der Waals surface area contributed by atoms with Crippen molar-refractivity contribution in [1.29, 1.82) is 0 Å². The maximum atomic E-state index is 5.64. The zero-order chi connectivity index (χ0) is 13.1. The van der Waals surface area contributed by atoms with Crippen molar-refractivity contribution in [2.75, 3.05) is 18.4 Å². The van der Waals surface area contributed by atoms with Crippen molar-refractivity contribution in [3.63, 3.8) is 0 Å². The predicted molar refractivity (Wildman–Crippen MR) is 76.6 cm³/mol. The van der Waals surface area contributed by atoms with Crippen LogP contribution < -0.4 is 11.1 Å². The van der Waals surface area contributed by atoms with Crippen molar-refractivity contribution in [3.05, 3.63) is 28.8 Å². The van der Waals surface area contributed by atoms with Gasteiger partial charge in [-0.05, 0) is 50.3 Å². The zero-order valence-corrected chi connectivity index (χ0v) is 11.9. The Hall–Kier alpha value is -1.02. The minimum absolute atomic E-state index is 0.249. The van der Waals surface area contributed by atoms with Gasteiger partial charge in [0.1, 0.15) is 0 Å². The molecule has 1 aromatic carbocycles. The molecule has 0 aliphatic carbocycles. The quantitative estimate of drug-likeness (QED) is 0.819. The van der Waals surface area contributed by atoms with Crippen molar-refractivity contribution in [2.45, 2.75) is 41.0 Å². The summed E-state index contributed by atoms with van der Waals surface area (Å²) in [5.74, 6) is 0. The Morgan fingerprint density at radius 2 is 1.65 bits per heavy atom. The van der Waals surface area contributed by atoms with Gasteiger partial charge in [0.2, 0.25) is 0 Å². The smallest absolute Gasteiger partial charge is 0.0399 e. The highest BCUT2D eigenvalue weighted by molar-refractivity contribution is 5.58. The molecule has 0 aromatic heterocycles. The summed E-state index contributed by atoms with van der Waals surface area (Å²) in [7, 11) is 0. The molecule has 0 fully saturated rings. The van der Waals surface area contributed by atoms with Gasteiger partial charge in [-0.25, -0.2) is 0 Å². The fourth-order valence-corrected chi connectivity index (χ4v) is 2.27. The molecule has 0 bridgehead atoms. The van der Waals surface area contributed by atoms with Gasteiger partial charge in [0.05, 0.1) is 0 Å². The van der Waals surface area contributed by atoms with Gasteiger partial charge in [-0.3, -0.25) is 0 Å². The van der Waals surface area contributed by atoms with Crippen molar-refractivity contribution < 1.29 is 0 Å². The van der Waals surface area contributed by atoms with Crippen LogP contribution in [0.2, 0.25) is 0 Å². The zero-order valence-electron chi connectivity index (χ0n) is 11.9. The van der Waals surface area contributed by atoms with Gasteiger partial charge in [0, 0.05) is 12.2 Å². The number of aryl methyl sites for hydroxylation is 3. The maximum absolute atomic E-state index is 5.64. The van der Waals surface area contributed by atoms with E-state index >= 15 is 0 Å². The van der Waals surface area contributed by atoms with Crippen LogP contribution in [-0.4, -0.2) is 13.1 Å². The van der Waals surface area contributed by atoms with Gasteiger partial charge in [0.25, 0.3) is 0 Å². The summed E-state index contributed by atoms with van der Waals surface area (Å²) in [6.07, 6.45) is 1.05. The van der Waals surface area contributed by atoms with Crippen LogP contribution in [0.5, 0.6) is 0 Å². The van der Waals surface area contributed by atoms with E-state index in [-0.39, 0.29) is 5.41 Å². The van der Waals surface area contributed by atoms with Crippen LogP contribution in [0.1, 0.15) is 37.0 Å². The van der Waals surface area contributed by atoms with Gasteiger partial charge >= 0.3 is 0 Å². The summed E-state index contributed by atoms with van der Waals surface area (Å²) < 4.78 is 0. The first kappa shape index (κ1) is 14.0. The first-order valence-electron chi connectivity index (χ1n) is 6.37. The molecule has 0 saturated heterocycles. The summed E-state index contributed by atoms with van der Waals surface area (Å²) in [5, 5.41) is 3.58. The van der Waals surface area contributed by atoms with E-state index in [9.17, 15) is 0 Å². The van der Waals surface area contributed by atoms with Crippen LogP contribution in [0, 0.1) is 26.2 Å². The summed E-state index contributed by atoms with van der Waals surface area (Å²) in [4.78, 5) is 0. The molecule has 0 unspecified atom stereocenters. The fourth-order valence-electron chi connectivity index (χ4n) is 2.27. The number of hydrogen-bond acceptors (Lipinski definition) is 2. The Balaban J connectivity index is 2.76. The largest absolute Gasteiger partial charge is 0.384 e. The number of anilines is 1. The molecular weight excluding hydrogens is 208 g/mol. The minimum Gasteiger partial charge on any atom is -0.384 e. The lowest BCUT2D eigenvalue weighted by atomic mass is 9.89. The van der Waals surface area contributed by atoms with Crippen LogP contribution in [-0.2, 0) is 0 Å². The second-order valence-corrected chi connectivity index (χ2v) is 5.83. The van der Waals surface area contributed by atoms with Crippen molar-refractivity contribution in [2.24, 2.45) is 11.1 Å². The first-order valence-corrected chi connectivity index (χ1v) is 6.37. The molecule has 0 spiro atoms. The SMILES string of the molecule is Cc1cc(C)c(NCC(C)(C)CCN)c(C)c1. The van der Waals surface area contributed by atoms with Crippen LogP contribution in [0.3, 0.4) is 0 Å². The molecule has 2 nitrogen and oxygen atoms in total. The monoisotopic (exact) mass is 234 g/mol. The standard InChI is InChI=1S/C15H26N2/c1-11-8-12(2)14(13(3)9-11)17-10-15(4,5)6-7-16/h8-9,17H,6-7,10,16H2,1-5H3. The Morgan fingerprint density at radius 3 is 2.12 bits per heavy atom. The Labute approximate surface area is 106 Å². The Bertz CT molecular complexity index is 358. The number of nitrogens with one attached hydrogen (secondary N) is 1. The van der Waals surface area contributed by atoms with E-state index in [2.05, 4.69) is 52.1 Å². The third-order valence-electron chi connectivity index (χ3n) is 3.24. The molecule has 17 heavy (non-hydrogen) atoms. The molecule has 1 rings (SSSR count). The molecule has 0 radical (unpaired) electrons. The van der Waals surface area contributed by atoms with Gasteiger partial charge < -0.3 is 11.1 Å². The van der Waals surface area contributed by atoms with Gasteiger partial charge in [-0.15, -0.1) is 0 Å². The molecular formula is C15H26N2. The number of hydrogen-bond donors (Lipinski definition) is 2. The first-order chi connectivity index (χ1) is 7.85. The van der Waals surface area contributed by atoms with Gasteiger partial charge in [0.15, 0.2) is 0 Å². The normalized spacial score (nSPS) is 11.6. The molecule has 0 atom stereocenters. The molecule has 2 heteroatoms. The van der Waals surface area contributed by atoms with Gasteiger partial charge in [-0.2, -0.15) is 0 Å². The fraction of sp³-hybridized carbons (Fsp3) is 0.600. The average molecular weight is 234 g/mol. The van der Waals surface area contributed by atoms with Crippen LogP contribution in [0.25, 0.3) is 0 Å². The lowest BCUT2D eigenvalue weighted by molar-refractivity contribution is 0.365. The second kappa shape index (κ2) is 5.54. The third kappa shape index (κ3) is 4.04. The summed E-state index contributed by atoms with van der Waals surface area (Å²) in [6.45, 7) is 12.7. The van der Waals surface area contributed by atoms with E-state index in [0.717, 1.165) is 19.5 Å².